The van der Waals surface area contributed by atoms with Gasteiger partial charge in [-0.1, -0.05) is 60.1 Å². The summed E-state index contributed by atoms with van der Waals surface area (Å²) >= 11 is 7.29. The Kier molecular flexibility index (Phi) is 5.62. The van der Waals surface area contributed by atoms with E-state index in [1.165, 1.54) is 18.4 Å². The van der Waals surface area contributed by atoms with Crippen LogP contribution < -0.4 is 10.1 Å². The van der Waals surface area contributed by atoms with E-state index in [0.29, 0.717) is 32.6 Å². The highest BCUT2D eigenvalue weighted by Crippen LogP contribution is 2.45. The van der Waals surface area contributed by atoms with Crippen molar-refractivity contribution in [3.05, 3.63) is 99.9 Å². The first-order valence-corrected chi connectivity index (χ1v) is 11.4. The number of ether oxygens (including phenoxy) is 2. The summed E-state index contributed by atoms with van der Waals surface area (Å²) in [5.74, 6) is -0.0926. The molecule has 1 amide bonds. The standard InChI is InChI=1S/C26H18ClNO4S/c1-31-26(30)23-19(15-10-12-16(27)13-11-15)14-33-25(23)28-24(29)22-17-6-2-4-8-20(17)32-21-9-5-3-7-18(21)22/h2-14,22H,1H3,(H,28,29). The lowest BCUT2D eigenvalue weighted by Crippen LogP contribution is -2.25. The molecule has 0 atom stereocenters. The number of amides is 1. The van der Waals surface area contributed by atoms with Gasteiger partial charge in [-0.05, 0) is 29.8 Å². The zero-order valence-corrected chi connectivity index (χ0v) is 19.1. The van der Waals surface area contributed by atoms with E-state index < -0.39 is 11.9 Å². The number of para-hydroxylation sites is 2. The summed E-state index contributed by atoms with van der Waals surface area (Å²) in [4.78, 5) is 26.3. The average Bonchev–Trinajstić information content (AvgIpc) is 3.25. The Labute approximate surface area is 199 Å². The second-order valence-corrected chi connectivity index (χ2v) is 8.77. The molecule has 7 heteroatoms. The van der Waals surface area contributed by atoms with Crippen molar-refractivity contribution in [1.29, 1.82) is 0 Å². The van der Waals surface area contributed by atoms with Crippen molar-refractivity contribution in [2.75, 3.05) is 12.4 Å². The van der Waals surface area contributed by atoms with E-state index in [9.17, 15) is 9.59 Å². The molecular formula is C26H18ClNO4S. The number of carbonyl (C=O) groups is 2. The summed E-state index contributed by atoms with van der Waals surface area (Å²) in [7, 11) is 1.32. The molecule has 0 spiro atoms. The minimum atomic E-state index is -0.585. The fourth-order valence-electron chi connectivity index (χ4n) is 3.97. The third-order valence-electron chi connectivity index (χ3n) is 5.51. The monoisotopic (exact) mass is 475 g/mol. The van der Waals surface area contributed by atoms with E-state index in [0.717, 1.165) is 16.7 Å². The number of hydrogen-bond acceptors (Lipinski definition) is 5. The molecule has 1 aliphatic heterocycles. The van der Waals surface area contributed by atoms with Gasteiger partial charge < -0.3 is 14.8 Å². The number of methoxy groups -OCH3 is 1. The Hall–Kier alpha value is -3.61. The molecular weight excluding hydrogens is 458 g/mol. The van der Waals surface area contributed by atoms with E-state index in [4.69, 9.17) is 21.1 Å². The molecule has 164 valence electrons. The molecule has 2 heterocycles. The molecule has 0 saturated heterocycles. The van der Waals surface area contributed by atoms with Crippen molar-refractivity contribution in [3.63, 3.8) is 0 Å². The fraction of sp³-hybridized carbons (Fsp3) is 0.0769. The number of nitrogens with one attached hydrogen (secondary N) is 1. The van der Waals surface area contributed by atoms with Crippen LogP contribution in [0.15, 0.2) is 78.2 Å². The molecule has 0 bridgehead atoms. The summed E-state index contributed by atoms with van der Waals surface area (Å²) in [5, 5.41) is 5.83. The second-order valence-electron chi connectivity index (χ2n) is 7.45. The molecule has 0 unspecified atom stereocenters. The number of thiophene rings is 1. The van der Waals surface area contributed by atoms with Crippen molar-refractivity contribution in [3.8, 4) is 22.6 Å². The molecule has 0 fully saturated rings. The van der Waals surface area contributed by atoms with Crippen LogP contribution in [0.1, 0.15) is 27.4 Å². The maximum atomic E-state index is 13.6. The van der Waals surface area contributed by atoms with Crippen molar-refractivity contribution < 1.29 is 19.1 Å². The molecule has 33 heavy (non-hydrogen) atoms. The quantitative estimate of drug-likeness (QED) is 0.332. The topological polar surface area (TPSA) is 64.6 Å². The first-order chi connectivity index (χ1) is 16.1. The first-order valence-electron chi connectivity index (χ1n) is 10.2. The zero-order valence-electron chi connectivity index (χ0n) is 17.5. The predicted molar refractivity (Wildman–Crippen MR) is 130 cm³/mol. The summed E-state index contributed by atoms with van der Waals surface area (Å²) in [5.41, 5.74) is 3.32. The van der Waals surface area contributed by atoms with Crippen molar-refractivity contribution in [1.82, 2.24) is 0 Å². The van der Waals surface area contributed by atoms with Gasteiger partial charge >= 0.3 is 5.97 Å². The maximum absolute atomic E-state index is 13.6. The Morgan fingerprint density at radius 2 is 1.55 bits per heavy atom. The highest BCUT2D eigenvalue weighted by Gasteiger charge is 2.33. The van der Waals surface area contributed by atoms with Crippen LogP contribution in [0.5, 0.6) is 11.5 Å². The van der Waals surface area contributed by atoms with Crippen LogP contribution in [0.25, 0.3) is 11.1 Å². The van der Waals surface area contributed by atoms with E-state index in [1.807, 2.05) is 66.0 Å². The van der Waals surface area contributed by atoms with Gasteiger partial charge in [0.05, 0.1) is 13.0 Å². The van der Waals surface area contributed by atoms with Crippen LogP contribution in [0, 0.1) is 0 Å². The molecule has 1 aromatic heterocycles. The van der Waals surface area contributed by atoms with Crippen molar-refractivity contribution in [2.24, 2.45) is 0 Å². The Bertz CT molecular complexity index is 1320. The molecule has 1 N–H and O–H groups in total. The van der Waals surface area contributed by atoms with Gasteiger partial charge in [0.2, 0.25) is 5.91 Å². The SMILES string of the molecule is COC(=O)c1c(-c2ccc(Cl)cc2)csc1NC(=O)C1c2ccccc2Oc2ccccc21. The fourth-order valence-corrected chi connectivity index (χ4v) is 5.06. The second kappa shape index (κ2) is 8.73. The number of fused-ring (bicyclic) bond motifs is 2. The number of hydrogen-bond donors (Lipinski definition) is 1. The van der Waals surface area contributed by atoms with Crippen LogP contribution in [-0.4, -0.2) is 19.0 Å². The molecule has 5 nitrogen and oxygen atoms in total. The predicted octanol–water partition coefficient (Wildman–Crippen LogP) is 6.73. The van der Waals surface area contributed by atoms with Gasteiger partial charge in [-0.2, -0.15) is 0 Å². The minimum absolute atomic E-state index is 0.257. The summed E-state index contributed by atoms with van der Waals surface area (Å²) in [6, 6.07) is 22.1. The van der Waals surface area contributed by atoms with Gasteiger partial charge in [-0.25, -0.2) is 4.79 Å². The Balaban J connectivity index is 1.55. The van der Waals surface area contributed by atoms with Crippen LogP contribution in [-0.2, 0) is 9.53 Å². The maximum Gasteiger partial charge on any atom is 0.341 e. The lowest BCUT2D eigenvalue weighted by molar-refractivity contribution is -0.116. The normalized spacial score (nSPS) is 12.3. The van der Waals surface area contributed by atoms with E-state index >= 15 is 0 Å². The molecule has 0 radical (unpaired) electrons. The van der Waals surface area contributed by atoms with Crippen LogP contribution >= 0.6 is 22.9 Å². The first kappa shape index (κ1) is 21.2. The van der Waals surface area contributed by atoms with Crippen molar-refractivity contribution in [2.45, 2.75) is 5.92 Å². The molecule has 4 aromatic rings. The third-order valence-corrected chi connectivity index (χ3v) is 6.66. The molecule has 0 saturated carbocycles. The van der Waals surface area contributed by atoms with E-state index in [2.05, 4.69) is 5.32 Å². The van der Waals surface area contributed by atoms with Crippen LogP contribution in [0.2, 0.25) is 5.02 Å². The van der Waals surface area contributed by atoms with Crippen molar-refractivity contribution >= 4 is 39.8 Å². The molecule has 0 aliphatic carbocycles. The smallest absolute Gasteiger partial charge is 0.341 e. The highest BCUT2D eigenvalue weighted by molar-refractivity contribution is 7.15. The summed E-state index contributed by atoms with van der Waals surface area (Å²) in [6.45, 7) is 0. The van der Waals surface area contributed by atoms with E-state index in [-0.39, 0.29) is 5.91 Å². The van der Waals surface area contributed by atoms with Gasteiger partial charge in [-0.3, -0.25) is 4.79 Å². The Morgan fingerprint density at radius 3 is 2.15 bits per heavy atom. The lowest BCUT2D eigenvalue weighted by atomic mass is 9.87. The van der Waals surface area contributed by atoms with Gasteiger partial charge in [0.15, 0.2) is 0 Å². The zero-order chi connectivity index (χ0) is 22.9. The highest BCUT2D eigenvalue weighted by atomic mass is 35.5. The number of carbonyl (C=O) groups excluding carboxylic acids is 2. The van der Waals surface area contributed by atoms with Gasteiger partial charge in [0, 0.05) is 27.1 Å². The average molecular weight is 476 g/mol. The lowest BCUT2D eigenvalue weighted by Gasteiger charge is -2.27. The molecule has 1 aliphatic rings. The third kappa shape index (κ3) is 3.88. The van der Waals surface area contributed by atoms with E-state index in [1.54, 1.807) is 12.1 Å². The molecule has 5 rings (SSSR count). The number of benzene rings is 3. The number of halogens is 1. The van der Waals surface area contributed by atoms with Gasteiger partial charge in [0.25, 0.3) is 0 Å². The number of esters is 1. The number of rotatable bonds is 4. The number of anilines is 1. The molecule has 3 aromatic carbocycles. The van der Waals surface area contributed by atoms with Crippen LogP contribution in [0.4, 0.5) is 5.00 Å². The largest absolute Gasteiger partial charge is 0.465 e. The summed E-state index contributed by atoms with van der Waals surface area (Å²) in [6.07, 6.45) is 0. The van der Waals surface area contributed by atoms with Gasteiger partial charge in [0.1, 0.15) is 22.1 Å². The van der Waals surface area contributed by atoms with Crippen LogP contribution in [0.3, 0.4) is 0 Å². The Morgan fingerprint density at radius 1 is 0.939 bits per heavy atom. The van der Waals surface area contributed by atoms with Gasteiger partial charge in [-0.15, -0.1) is 11.3 Å². The minimum Gasteiger partial charge on any atom is -0.465 e. The summed E-state index contributed by atoms with van der Waals surface area (Å²) < 4.78 is 11.0.